The van der Waals surface area contributed by atoms with Crippen molar-refractivity contribution in [3.05, 3.63) is 50.3 Å². The second-order valence-corrected chi connectivity index (χ2v) is 6.63. The van der Waals surface area contributed by atoms with Crippen LogP contribution in [-0.2, 0) is 32.0 Å². The number of carbonyl (C=O) groups excluding carboxylic acids is 1. The van der Waals surface area contributed by atoms with E-state index in [9.17, 15) is 27.6 Å². The molecule has 156 valence electrons. The number of rotatable bonds is 5. The second-order valence-electron chi connectivity index (χ2n) is 6.29. The highest BCUT2D eigenvalue weighted by Crippen LogP contribution is 2.21. The molecule has 29 heavy (non-hydrogen) atoms. The molecule has 0 bridgehead atoms. The van der Waals surface area contributed by atoms with Gasteiger partial charge in [-0.3, -0.25) is 23.3 Å². The zero-order valence-electron chi connectivity index (χ0n) is 15.2. The first-order valence-electron chi connectivity index (χ1n) is 8.18. The minimum atomic E-state index is -4.65. The van der Waals surface area contributed by atoms with Crippen LogP contribution in [0.25, 0.3) is 11.2 Å². The number of imidazole rings is 1. The van der Waals surface area contributed by atoms with Crippen molar-refractivity contribution in [1.29, 1.82) is 0 Å². The largest absolute Gasteiger partial charge is 0.467 e. The Morgan fingerprint density at radius 2 is 1.97 bits per heavy atom. The van der Waals surface area contributed by atoms with Gasteiger partial charge in [0.05, 0.1) is 12.8 Å². The predicted molar refractivity (Wildman–Crippen MR) is 95.4 cm³/mol. The van der Waals surface area contributed by atoms with Crippen LogP contribution in [-0.4, -0.2) is 42.2 Å². The van der Waals surface area contributed by atoms with E-state index in [0.717, 1.165) is 13.7 Å². The van der Waals surface area contributed by atoms with Crippen LogP contribution in [0.15, 0.2) is 32.4 Å². The molecule has 0 unspecified atom stereocenters. The van der Waals surface area contributed by atoms with Crippen molar-refractivity contribution in [3.8, 4) is 0 Å². The maximum atomic E-state index is 13.0. The fraction of sp³-hybridized carbons (Fsp3) is 0.375. The number of aromatic nitrogens is 4. The van der Waals surface area contributed by atoms with E-state index < -0.39 is 43.0 Å². The van der Waals surface area contributed by atoms with E-state index in [1.807, 2.05) is 0 Å². The molecule has 0 spiro atoms. The molecular formula is C16H15ClF3N5O4. The Balaban J connectivity index is 2.02. The van der Waals surface area contributed by atoms with Gasteiger partial charge in [-0.25, -0.2) is 4.79 Å². The molecular weight excluding hydrogens is 419 g/mol. The molecule has 3 rings (SSSR count). The number of amides is 1. The van der Waals surface area contributed by atoms with Crippen LogP contribution in [0.5, 0.6) is 0 Å². The van der Waals surface area contributed by atoms with Gasteiger partial charge in [0, 0.05) is 14.1 Å². The third-order valence-corrected chi connectivity index (χ3v) is 4.53. The van der Waals surface area contributed by atoms with E-state index in [1.165, 1.54) is 32.5 Å². The minimum absolute atomic E-state index is 0.0793. The molecule has 0 fully saturated rings. The molecule has 0 atom stereocenters. The van der Waals surface area contributed by atoms with Crippen LogP contribution in [0.4, 0.5) is 13.2 Å². The van der Waals surface area contributed by atoms with Gasteiger partial charge in [-0.15, -0.1) is 0 Å². The number of hydrogen-bond acceptors (Lipinski definition) is 5. The number of hydrogen-bond donors (Lipinski definition) is 0. The number of aryl methyl sites for hydroxylation is 1. The Labute approximate surface area is 165 Å². The number of furan rings is 1. The molecule has 0 radical (unpaired) electrons. The summed E-state index contributed by atoms with van der Waals surface area (Å²) >= 11 is 6.02. The van der Waals surface area contributed by atoms with Gasteiger partial charge in [-0.1, -0.05) is 0 Å². The highest BCUT2D eigenvalue weighted by Gasteiger charge is 2.34. The molecule has 0 aliphatic heterocycles. The molecule has 13 heteroatoms. The smallest absolute Gasteiger partial charge is 0.406 e. The number of carbonyl (C=O) groups is 1. The van der Waals surface area contributed by atoms with Crippen LogP contribution in [0.1, 0.15) is 5.76 Å². The lowest BCUT2D eigenvalue weighted by Gasteiger charge is -2.23. The molecule has 0 saturated carbocycles. The Kier molecular flexibility index (Phi) is 5.30. The lowest BCUT2D eigenvalue weighted by Crippen LogP contribution is -2.41. The monoisotopic (exact) mass is 433 g/mol. The molecule has 0 saturated heterocycles. The van der Waals surface area contributed by atoms with Crippen molar-refractivity contribution in [2.75, 3.05) is 6.54 Å². The number of alkyl halides is 3. The summed E-state index contributed by atoms with van der Waals surface area (Å²) in [6.45, 7) is -2.63. The highest BCUT2D eigenvalue weighted by atomic mass is 35.5. The third kappa shape index (κ3) is 4.06. The summed E-state index contributed by atoms with van der Waals surface area (Å²) in [5.74, 6) is -0.807. The zero-order chi connectivity index (χ0) is 21.5. The molecule has 3 heterocycles. The van der Waals surface area contributed by atoms with Gasteiger partial charge in [0.25, 0.3) is 5.56 Å². The maximum Gasteiger partial charge on any atom is 0.406 e. The summed E-state index contributed by atoms with van der Waals surface area (Å²) in [4.78, 5) is 41.6. The van der Waals surface area contributed by atoms with Gasteiger partial charge in [0.1, 0.15) is 18.8 Å². The molecule has 3 aromatic heterocycles. The van der Waals surface area contributed by atoms with Crippen molar-refractivity contribution in [1.82, 2.24) is 23.6 Å². The van der Waals surface area contributed by atoms with Gasteiger partial charge in [0.2, 0.25) is 11.2 Å². The van der Waals surface area contributed by atoms with Crippen molar-refractivity contribution < 1.29 is 22.4 Å². The van der Waals surface area contributed by atoms with Crippen LogP contribution in [0.2, 0.25) is 5.28 Å². The van der Waals surface area contributed by atoms with Gasteiger partial charge in [-0.05, 0) is 23.7 Å². The molecule has 1 amide bonds. The summed E-state index contributed by atoms with van der Waals surface area (Å²) in [7, 11) is 2.58. The molecule has 0 N–H and O–H groups in total. The van der Waals surface area contributed by atoms with Crippen molar-refractivity contribution in [2.45, 2.75) is 19.3 Å². The lowest BCUT2D eigenvalue weighted by atomic mass is 10.3. The Morgan fingerprint density at radius 3 is 2.55 bits per heavy atom. The molecule has 0 aromatic carbocycles. The topological polar surface area (TPSA) is 95.3 Å². The zero-order valence-corrected chi connectivity index (χ0v) is 16.0. The van der Waals surface area contributed by atoms with E-state index >= 15 is 0 Å². The normalized spacial score (nSPS) is 11.9. The molecule has 3 aromatic rings. The standard InChI is InChI=1S/C16H15ClF3N5O4/c1-22-12-11(13(27)23(2)15(22)28)25(14(17)21-12)7-10(26)24(8-16(18,19)20)6-9-4-3-5-29-9/h3-5H,6-8H2,1-2H3. The third-order valence-electron chi connectivity index (χ3n) is 4.24. The lowest BCUT2D eigenvalue weighted by molar-refractivity contribution is -0.163. The van der Waals surface area contributed by atoms with Crippen LogP contribution in [0, 0.1) is 0 Å². The Bertz CT molecular complexity index is 1180. The SMILES string of the molecule is Cn1c(=O)c2c(nc(Cl)n2CC(=O)N(Cc2ccco2)CC(F)(F)F)n(C)c1=O. The van der Waals surface area contributed by atoms with Gasteiger partial charge >= 0.3 is 11.9 Å². The maximum absolute atomic E-state index is 13.0. The van der Waals surface area contributed by atoms with Crippen molar-refractivity contribution >= 4 is 28.7 Å². The first-order chi connectivity index (χ1) is 13.5. The average Bonchev–Trinajstić information content (AvgIpc) is 3.25. The van der Waals surface area contributed by atoms with Crippen LogP contribution < -0.4 is 11.2 Å². The van der Waals surface area contributed by atoms with E-state index in [-0.39, 0.29) is 22.2 Å². The fourth-order valence-electron chi connectivity index (χ4n) is 2.84. The molecule has 9 nitrogen and oxygen atoms in total. The Morgan fingerprint density at radius 1 is 1.28 bits per heavy atom. The summed E-state index contributed by atoms with van der Waals surface area (Å²) in [6, 6.07) is 2.91. The van der Waals surface area contributed by atoms with E-state index in [2.05, 4.69) is 4.98 Å². The summed E-state index contributed by atoms with van der Waals surface area (Å²) in [5.41, 5.74) is -1.68. The number of nitrogens with zero attached hydrogens (tertiary/aromatic N) is 5. The van der Waals surface area contributed by atoms with Crippen LogP contribution in [0.3, 0.4) is 0 Å². The fourth-order valence-corrected chi connectivity index (χ4v) is 3.06. The van der Waals surface area contributed by atoms with Crippen LogP contribution >= 0.6 is 11.6 Å². The molecule has 0 aliphatic rings. The highest BCUT2D eigenvalue weighted by molar-refractivity contribution is 6.29. The van der Waals surface area contributed by atoms with E-state index in [1.54, 1.807) is 0 Å². The summed E-state index contributed by atoms with van der Waals surface area (Å²) in [5, 5.41) is -0.309. The van der Waals surface area contributed by atoms with Gasteiger partial charge in [-0.2, -0.15) is 18.2 Å². The summed E-state index contributed by atoms with van der Waals surface area (Å²) in [6.07, 6.45) is -3.38. The van der Waals surface area contributed by atoms with E-state index in [0.29, 0.717) is 4.90 Å². The minimum Gasteiger partial charge on any atom is -0.467 e. The van der Waals surface area contributed by atoms with Gasteiger partial charge in [0.15, 0.2) is 11.2 Å². The quantitative estimate of drug-likeness (QED) is 0.565. The second kappa shape index (κ2) is 7.43. The molecule has 0 aliphatic carbocycles. The predicted octanol–water partition coefficient (Wildman–Crippen LogP) is 1.27. The van der Waals surface area contributed by atoms with E-state index in [4.69, 9.17) is 16.0 Å². The Hall–Kier alpha value is -3.02. The average molecular weight is 434 g/mol. The number of halogens is 4. The summed E-state index contributed by atoms with van der Waals surface area (Å²) < 4.78 is 46.7. The first kappa shape index (κ1) is 20.7. The van der Waals surface area contributed by atoms with Gasteiger partial charge < -0.3 is 9.32 Å². The van der Waals surface area contributed by atoms with Crippen molar-refractivity contribution in [3.63, 3.8) is 0 Å². The van der Waals surface area contributed by atoms with Crippen molar-refractivity contribution in [2.24, 2.45) is 14.1 Å². The number of fused-ring (bicyclic) bond motifs is 1. The first-order valence-corrected chi connectivity index (χ1v) is 8.56.